The number of hydrogen-bond acceptors (Lipinski definition) is 4. The van der Waals surface area contributed by atoms with Crippen molar-refractivity contribution in [2.45, 2.75) is 45.3 Å². The average molecular weight is 261 g/mol. The Kier molecular flexibility index (Phi) is 7.54. The average Bonchev–Trinajstić information content (AvgIpc) is 2.14. The fraction of sp³-hybridized carbons (Fsp3) is 0.833. The molecule has 0 rings (SSSR count). The molecule has 1 unspecified atom stereocenters. The van der Waals surface area contributed by atoms with E-state index in [9.17, 15) is 9.59 Å². The Morgan fingerprint density at radius 3 is 2.44 bits per heavy atom. The highest BCUT2D eigenvalue weighted by molar-refractivity contribution is 5.78. The minimum Gasteiger partial charge on any atom is -0.481 e. The third kappa shape index (κ3) is 8.03. The van der Waals surface area contributed by atoms with Gasteiger partial charge in [-0.05, 0) is 20.8 Å². The lowest BCUT2D eigenvalue weighted by molar-refractivity contribution is -0.139. The summed E-state index contributed by atoms with van der Waals surface area (Å²) in [6.45, 7) is 5.89. The third-order valence-corrected chi connectivity index (χ3v) is 2.23. The zero-order valence-electron chi connectivity index (χ0n) is 11.5. The van der Waals surface area contributed by atoms with Crippen LogP contribution in [0.15, 0.2) is 0 Å². The molecule has 0 spiro atoms. The topological polar surface area (TPSA) is 84.9 Å². The molecular formula is C12H23NO5. The van der Waals surface area contributed by atoms with E-state index in [1.165, 1.54) is 7.11 Å². The molecule has 2 N–H and O–H groups in total. The molecule has 0 aliphatic heterocycles. The highest BCUT2D eigenvalue weighted by atomic mass is 16.5. The zero-order chi connectivity index (χ0) is 14.2. The first-order chi connectivity index (χ1) is 8.29. The van der Waals surface area contributed by atoms with E-state index >= 15 is 0 Å². The van der Waals surface area contributed by atoms with Gasteiger partial charge in [0.05, 0.1) is 31.3 Å². The number of carbonyl (C=O) groups is 2. The van der Waals surface area contributed by atoms with Crippen LogP contribution in [0.1, 0.15) is 33.6 Å². The van der Waals surface area contributed by atoms with Gasteiger partial charge in [-0.25, -0.2) is 0 Å². The second kappa shape index (κ2) is 8.05. The molecule has 0 saturated carbocycles. The monoisotopic (exact) mass is 261 g/mol. The van der Waals surface area contributed by atoms with Crippen LogP contribution in [0.4, 0.5) is 0 Å². The van der Waals surface area contributed by atoms with Gasteiger partial charge in [-0.2, -0.15) is 0 Å². The molecule has 0 fully saturated rings. The number of carbonyl (C=O) groups excluding carboxylic acids is 1. The lowest BCUT2D eigenvalue weighted by Gasteiger charge is -2.28. The quantitative estimate of drug-likeness (QED) is 0.641. The second-order valence-electron chi connectivity index (χ2n) is 4.78. The largest absolute Gasteiger partial charge is 0.481 e. The van der Waals surface area contributed by atoms with E-state index in [0.29, 0.717) is 6.61 Å². The number of hydrogen-bond donors (Lipinski definition) is 2. The summed E-state index contributed by atoms with van der Waals surface area (Å²) in [7, 11) is 1.47. The highest BCUT2D eigenvalue weighted by Gasteiger charge is 2.29. The smallest absolute Gasteiger partial charge is 0.305 e. The highest BCUT2D eigenvalue weighted by Crippen LogP contribution is 2.10. The maximum absolute atomic E-state index is 11.7. The number of rotatable bonds is 9. The van der Waals surface area contributed by atoms with Gasteiger partial charge in [-0.1, -0.05) is 0 Å². The minimum absolute atomic E-state index is 0.0715. The molecule has 0 bridgehead atoms. The van der Waals surface area contributed by atoms with Gasteiger partial charge in [-0.15, -0.1) is 0 Å². The summed E-state index contributed by atoms with van der Waals surface area (Å²) in [5.41, 5.74) is -0.893. The number of methoxy groups -OCH3 is 1. The SMILES string of the molecule is COCC(C)(CC(=O)O)NC(=O)CCOC(C)C. The summed E-state index contributed by atoms with van der Waals surface area (Å²) in [4.78, 5) is 22.4. The summed E-state index contributed by atoms with van der Waals surface area (Å²) in [6, 6.07) is 0. The first kappa shape index (κ1) is 16.9. The Morgan fingerprint density at radius 2 is 2.00 bits per heavy atom. The first-order valence-corrected chi connectivity index (χ1v) is 5.92. The normalized spacial score (nSPS) is 14.3. The number of carboxylic acids is 1. The van der Waals surface area contributed by atoms with Crippen LogP contribution in [0.5, 0.6) is 0 Å². The summed E-state index contributed by atoms with van der Waals surface area (Å²) in [5, 5.41) is 11.5. The second-order valence-corrected chi connectivity index (χ2v) is 4.78. The number of amides is 1. The molecule has 0 aromatic heterocycles. The van der Waals surface area contributed by atoms with E-state index in [1.54, 1.807) is 6.92 Å². The van der Waals surface area contributed by atoms with Crippen LogP contribution in [0.25, 0.3) is 0 Å². The molecule has 0 aromatic rings. The van der Waals surface area contributed by atoms with E-state index < -0.39 is 11.5 Å². The van der Waals surface area contributed by atoms with E-state index in [4.69, 9.17) is 14.6 Å². The van der Waals surface area contributed by atoms with Crippen LogP contribution >= 0.6 is 0 Å². The van der Waals surface area contributed by atoms with Crippen LogP contribution in [0, 0.1) is 0 Å². The molecule has 0 radical (unpaired) electrons. The van der Waals surface area contributed by atoms with Gasteiger partial charge < -0.3 is 19.9 Å². The summed E-state index contributed by atoms with van der Waals surface area (Å²) >= 11 is 0. The van der Waals surface area contributed by atoms with Gasteiger partial charge >= 0.3 is 5.97 Å². The molecule has 18 heavy (non-hydrogen) atoms. The summed E-state index contributed by atoms with van der Waals surface area (Å²) in [5.74, 6) is -1.22. The van der Waals surface area contributed by atoms with Crippen LogP contribution in [0.2, 0.25) is 0 Å². The molecule has 6 heteroatoms. The molecule has 0 heterocycles. The first-order valence-electron chi connectivity index (χ1n) is 5.92. The summed E-state index contributed by atoms with van der Waals surface area (Å²) < 4.78 is 10.2. The van der Waals surface area contributed by atoms with Gasteiger partial charge in [0.1, 0.15) is 0 Å². The Hall–Kier alpha value is -1.14. The van der Waals surface area contributed by atoms with Crippen molar-refractivity contribution in [2.75, 3.05) is 20.3 Å². The number of carboxylic acid groups (broad SMARTS) is 1. The minimum atomic E-state index is -0.978. The number of aliphatic carboxylic acids is 1. The molecule has 0 aliphatic rings. The Morgan fingerprint density at radius 1 is 1.39 bits per heavy atom. The van der Waals surface area contributed by atoms with Crippen molar-refractivity contribution in [1.29, 1.82) is 0 Å². The molecule has 1 atom stereocenters. The standard InChI is InChI=1S/C12H23NO5/c1-9(2)18-6-5-10(14)13-12(3,8-17-4)7-11(15)16/h9H,5-8H2,1-4H3,(H,13,14)(H,15,16). The number of nitrogens with one attached hydrogen (secondary N) is 1. The van der Waals surface area contributed by atoms with Crippen molar-refractivity contribution in [2.24, 2.45) is 0 Å². The van der Waals surface area contributed by atoms with Crippen molar-refractivity contribution < 1.29 is 24.2 Å². The van der Waals surface area contributed by atoms with E-state index in [2.05, 4.69) is 5.32 Å². The maximum Gasteiger partial charge on any atom is 0.305 e. The molecule has 106 valence electrons. The van der Waals surface area contributed by atoms with E-state index in [1.807, 2.05) is 13.8 Å². The van der Waals surface area contributed by atoms with Crippen molar-refractivity contribution >= 4 is 11.9 Å². The predicted molar refractivity (Wildman–Crippen MR) is 66.4 cm³/mol. The van der Waals surface area contributed by atoms with Crippen LogP contribution in [-0.4, -0.2) is 48.9 Å². The van der Waals surface area contributed by atoms with Crippen molar-refractivity contribution in [3.05, 3.63) is 0 Å². The molecule has 1 amide bonds. The van der Waals surface area contributed by atoms with Gasteiger partial charge in [0, 0.05) is 13.5 Å². The molecule has 0 saturated heterocycles. The fourth-order valence-corrected chi connectivity index (χ4v) is 1.57. The predicted octanol–water partition coefficient (Wildman–Crippen LogP) is 0.798. The van der Waals surface area contributed by atoms with Crippen molar-refractivity contribution in [3.63, 3.8) is 0 Å². The van der Waals surface area contributed by atoms with Crippen molar-refractivity contribution in [3.8, 4) is 0 Å². The Bertz CT molecular complexity index is 280. The lowest BCUT2D eigenvalue weighted by atomic mass is 9.99. The third-order valence-electron chi connectivity index (χ3n) is 2.23. The van der Waals surface area contributed by atoms with Gasteiger partial charge in [0.15, 0.2) is 0 Å². The van der Waals surface area contributed by atoms with Crippen LogP contribution in [0.3, 0.4) is 0 Å². The van der Waals surface area contributed by atoms with Gasteiger partial charge in [0.25, 0.3) is 0 Å². The van der Waals surface area contributed by atoms with E-state index in [-0.39, 0.29) is 31.5 Å². The molecule has 0 aliphatic carbocycles. The molecular weight excluding hydrogens is 238 g/mol. The van der Waals surface area contributed by atoms with Crippen molar-refractivity contribution in [1.82, 2.24) is 5.32 Å². The van der Waals surface area contributed by atoms with Gasteiger partial charge in [0.2, 0.25) is 5.91 Å². The number of ether oxygens (including phenoxy) is 2. The maximum atomic E-state index is 11.7. The van der Waals surface area contributed by atoms with Crippen LogP contribution < -0.4 is 5.32 Å². The Labute approximate surface area is 108 Å². The Balaban J connectivity index is 4.22. The summed E-state index contributed by atoms with van der Waals surface area (Å²) in [6.07, 6.45) is 0.0940. The zero-order valence-corrected chi connectivity index (χ0v) is 11.5. The van der Waals surface area contributed by atoms with E-state index in [0.717, 1.165) is 0 Å². The van der Waals surface area contributed by atoms with Crippen LogP contribution in [-0.2, 0) is 19.1 Å². The van der Waals surface area contributed by atoms with Gasteiger partial charge in [-0.3, -0.25) is 9.59 Å². The fourth-order valence-electron chi connectivity index (χ4n) is 1.57. The lowest BCUT2D eigenvalue weighted by Crippen LogP contribution is -2.51. The molecule has 6 nitrogen and oxygen atoms in total. The molecule has 0 aromatic carbocycles.